The standard InChI is InChI=1S/C10H10O5/c1-7(12)15-10(14-2)5-8(6-11)3-4-9(10)13/h3-6H,1-2H3. The lowest BCUT2D eigenvalue weighted by Crippen LogP contribution is -2.43. The fourth-order valence-electron chi connectivity index (χ4n) is 1.19. The van der Waals surface area contributed by atoms with E-state index in [0.717, 1.165) is 13.0 Å². The number of hydrogen-bond acceptors (Lipinski definition) is 5. The van der Waals surface area contributed by atoms with Gasteiger partial charge in [-0.05, 0) is 12.2 Å². The number of ether oxygens (including phenoxy) is 2. The average Bonchev–Trinajstić information content (AvgIpc) is 2.20. The van der Waals surface area contributed by atoms with E-state index < -0.39 is 17.5 Å². The highest BCUT2D eigenvalue weighted by Gasteiger charge is 2.40. The van der Waals surface area contributed by atoms with Gasteiger partial charge in [0.2, 0.25) is 5.78 Å². The molecule has 0 aromatic carbocycles. The Morgan fingerprint density at radius 1 is 1.47 bits per heavy atom. The third-order valence-electron chi connectivity index (χ3n) is 1.86. The van der Waals surface area contributed by atoms with Crippen LogP contribution in [0.4, 0.5) is 0 Å². The van der Waals surface area contributed by atoms with Crippen molar-refractivity contribution < 1.29 is 23.9 Å². The van der Waals surface area contributed by atoms with Gasteiger partial charge in [0.25, 0.3) is 5.79 Å². The summed E-state index contributed by atoms with van der Waals surface area (Å²) >= 11 is 0. The molecular weight excluding hydrogens is 200 g/mol. The zero-order valence-corrected chi connectivity index (χ0v) is 8.35. The van der Waals surface area contributed by atoms with Crippen LogP contribution in [-0.4, -0.2) is 30.9 Å². The van der Waals surface area contributed by atoms with Crippen LogP contribution < -0.4 is 0 Å². The predicted molar refractivity (Wildman–Crippen MR) is 49.8 cm³/mol. The van der Waals surface area contributed by atoms with Crippen molar-refractivity contribution in [3.63, 3.8) is 0 Å². The topological polar surface area (TPSA) is 69.7 Å². The van der Waals surface area contributed by atoms with Crippen LogP contribution in [-0.2, 0) is 23.9 Å². The molecule has 0 amide bonds. The molecule has 15 heavy (non-hydrogen) atoms. The monoisotopic (exact) mass is 210 g/mol. The predicted octanol–water partition coefficient (Wildman–Crippen LogP) is 0.156. The Morgan fingerprint density at radius 2 is 2.13 bits per heavy atom. The van der Waals surface area contributed by atoms with E-state index in [1.54, 1.807) is 0 Å². The number of esters is 1. The number of rotatable bonds is 3. The van der Waals surface area contributed by atoms with Crippen LogP contribution >= 0.6 is 0 Å². The molecule has 0 radical (unpaired) electrons. The number of methoxy groups -OCH3 is 1. The maximum Gasteiger partial charge on any atom is 0.305 e. The molecule has 0 heterocycles. The van der Waals surface area contributed by atoms with Crippen molar-refractivity contribution in [2.75, 3.05) is 7.11 Å². The van der Waals surface area contributed by atoms with Crippen LogP contribution in [0.25, 0.3) is 0 Å². The fraction of sp³-hybridized carbons (Fsp3) is 0.300. The summed E-state index contributed by atoms with van der Waals surface area (Å²) in [6, 6.07) is 0. The molecule has 0 N–H and O–H groups in total. The highest BCUT2D eigenvalue weighted by atomic mass is 16.7. The third-order valence-corrected chi connectivity index (χ3v) is 1.86. The first-order chi connectivity index (χ1) is 7.04. The van der Waals surface area contributed by atoms with Crippen LogP contribution in [0.2, 0.25) is 0 Å². The van der Waals surface area contributed by atoms with Crippen molar-refractivity contribution in [3.8, 4) is 0 Å². The van der Waals surface area contributed by atoms with Crippen molar-refractivity contribution in [2.45, 2.75) is 12.7 Å². The van der Waals surface area contributed by atoms with Crippen molar-refractivity contribution >= 4 is 18.0 Å². The number of ketones is 1. The van der Waals surface area contributed by atoms with E-state index in [1.807, 2.05) is 0 Å². The molecule has 0 bridgehead atoms. The van der Waals surface area contributed by atoms with Gasteiger partial charge < -0.3 is 9.47 Å². The van der Waals surface area contributed by atoms with Gasteiger partial charge in [-0.1, -0.05) is 0 Å². The molecule has 0 aliphatic heterocycles. The largest absolute Gasteiger partial charge is 0.421 e. The van der Waals surface area contributed by atoms with E-state index in [-0.39, 0.29) is 5.57 Å². The molecule has 0 saturated carbocycles. The Labute approximate surface area is 86.4 Å². The summed E-state index contributed by atoms with van der Waals surface area (Å²) in [7, 11) is 1.22. The van der Waals surface area contributed by atoms with Gasteiger partial charge in [-0.15, -0.1) is 0 Å². The normalized spacial score (nSPS) is 24.7. The molecule has 1 unspecified atom stereocenters. The second-order valence-corrected chi connectivity index (χ2v) is 2.93. The van der Waals surface area contributed by atoms with E-state index in [4.69, 9.17) is 9.47 Å². The van der Waals surface area contributed by atoms with Crippen LogP contribution in [0, 0.1) is 0 Å². The van der Waals surface area contributed by atoms with Gasteiger partial charge in [-0.25, -0.2) is 0 Å². The molecule has 1 aliphatic carbocycles. The summed E-state index contributed by atoms with van der Waals surface area (Å²) in [4.78, 5) is 32.8. The maximum absolute atomic E-state index is 11.5. The van der Waals surface area contributed by atoms with Gasteiger partial charge in [-0.2, -0.15) is 0 Å². The average molecular weight is 210 g/mol. The summed E-state index contributed by atoms with van der Waals surface area (Å²) in [6.45, 7) is 1.15. The molecule has 0 aromatic heterocycles. The minimum atomic E-state index is -1.79. The first-order valence-electron chi connectivity index (χ1n) is 4.19. The molecule has 5 heteroatoms. The van der Waals surface area contributed by atoms with Crippen molar-refractivity contribution in [1.82, 2.24) is 0 Å². The quantitative estimate of drug-likeness (QED) is 0.377. The van der Waals surface area contributed by atoms with E-state index in [0.29, 0.717) is 6.29 Å². The molecule has 5 nitrogen and oxygen atoms in total. The Bertz CT molecular complexity index is 366. The Morgan fingerprint density at radius 3 is 2.60 bits per heavy atom. The second kappa shape index (κ2) is 4.18. The smallest absolute Gasteiger partial charge is 0.305 e. The molecular formula is C10H10O5. The number of hydrogen-bond donors (Lipinski definition) is 0. The first kappa shape index (κ1) is 11.3. The van der Waals surface area contributed by atoms with Crippen LogP contribution in [0.5, 0.6) is 0 Å². The number of aldehydes is 1. The van der Waals surface area contributed by atoms with Crippen molar-refractivity contribution in [3.05, 3.63) is 23.8 Å². The zero-order valence-electron chi connectivity index (χ0n) is 8.35. The summed E-state index contributed by atoms with van der Waals surface area (Å²) in [5, 5.41) is 0. The van der Waals surface area contributed by atoms with Gasteiger partial charge in [-0.3, -0.25) is 14.4 Å². The number of carbonyl (C=O) groups is 3. The molecule has 0 spiro atoms. The molecule has 0 saturated heterocycles. The van der Waals surface area contributed by atoms with Crippen LogP contribution in [0.15, 0.2) is 23.8 Å². The molecule has 1 atom stereocenters. The van der Waals surface area contributed by atoms with E-state index >= 15 is 0 Å². The van der Waals surface area contributed by atoms with E-state index in [2.05, 4.69) is 0 Å². The summed E-state index contributed by atoms with van der Waals surface area (Å²) < 4.78 is 9.63. The van der Waals surface area contributed by atoms with Crippen LogP contribution in [0.3, 0.4) is 0 Å². The Kier molecular flexibility index (Phi) is 3.16. The zero-order chi connectivity index (χ0) is 11.5. The lowest BCUT2D eigenvalue weighted by Gasteiger charge is -2.27. The van der Waals surface area contributed by atoms with E-state index in [1.165, 1.54) is 19.3 Å². The first-order valence-corrected chi connectivity index (χ1v) is 4.19. The van der Waals surface area contributed by atoms with Gasteiger partial charge in [0.05, 0.1) is 0 Å². The number of allylic oxidation sites excluding steroid dienone is 2. The third kappa shape index (κ3) is 2.19. The maximum atomic E-state index is 11.5. The highest BCUT2D eigenvalue weighted by Crippen LogP contribution is 2.23. The van der Waals surface area contributed by atoms with Crippen molar-refractivity contribution in [2.24, 2.45) is 0 Å². The summed E-state index contributed by atoms with van der Waals surface area (Å²) in [5.41, 5.74) is 0.220. The number of carbonyl (C=O) groups excluding carboxylic acids is 3. The van der Waals surface area contributed by atoms with Gasteiger partial charge in [0.15, 0.2) is 0 Å². The lowest BCUT2D eigenvalue weighted by atomic mass is 10.0. The van der Waals surface area contributed by atoms with Crippen LogP contribution in [0.1, 0.15) is 6.92 Å². The minimum absolute atomic E-state index is 0.220. The molecule has 80 valence electrons. The summed E-state index contributed by atoms with van der Waals surface area (Å²) in [6.07, 6.45) is 4.18. The molecule has 0 aromatic rings. The SMILES string of the molecule is COC1(OC(C)=O)C=C(C=O)C=CC1=O. The van der Waals surface area contributed by atoms with Gasteiger partial charge in [0.1, 0.15) is 6.29 Å². The second-order valence-electron chi connectivity index (χ2n) is 2.93. The summed E-state index contributed by atoms with van der Waals surface area (Å²) in [5.74, 6) is -3.00. The highest BCUT2D eigenvalue weighted by molar-refractivity contribution is 6.02. The van der Waals surface area contributed by atoms with E-state index in [9.17, 15) is 14.4 Å². The van der Waals surface area contributed by atoms with Gasteiger partial charge in [0, 0.05) is 25.7 Å². The Balaban J connectivity index is 3.10. The lowest BCUT2D eigenvalue weighted by molar-refractivity contribution is -0.199. The van der Waals surface area contributed by atoms with Gasteiger partial charge >= 0.3 is 5.97 Å². The minimum Gasteiger partial charge on any atom is -0.421 e. The molecule has 1 rings (SSSR count). The molecule has 1 aliphatic rings. The molecule has 0 fully saturated rings. The Hall–Kier alpha value is -1.75. The van der Waals surface area contributed by atoms with Crippen molar-refractivity contribution in [1.29, 1.82) is 0 Å². The fourth-order valence-corrected chi connectivity index (χ4v) is 1.19.